The number of aliphatic imine (C=N–C) groups is 1. The van der Waals surface area contributed by atoms with Crippen LogP contribution in [0.3, 0.4) is 0 Å². The molecule has 0 aromatic heterocycles. The Morgan fingerprint density at radius 2 is 1.91 bits per heavy atom. The molecule has 3 rings (SSSR count). The van der Waals surface area contributed by atoms with Gasteiger partial charge in [0, 0.05) is 5.56 Å². The Kier molecular flexibility index (Phi) is 3.75. The number of nitrogens with zero attached hydrogens (tertiary/aromatic N) is 1. The number of halogens is 4. The predicted octanol–water partition coefficient (Wildman–Crippen LogP) is 1.72. The Bertz CT molecular complexity index is 666. The van der Waals surface area contributed by atoms with Crippen molar-refractivity contribution in [3.05, 3.63) is 29.6 Å². The molecule has 2 heterocycles. The molecule has 2 aliphatic heterocycles. The summed E-state index contributed by atoms with van der Waals surface area (Å²) in [6.07, 6.45) is -4.01. The van der Waals surface area contributed by atoms with Gasteiger partial charge < -0.3 is 15.4 Å². The molecule has 0 atom stereocenters. The van der Waals surface area contributed by atoms with E-state index in [-0.39, 0.29) is 17.3 Å². The van der Waals surface area contributed by atoms with Gasteiger partial charge in [-0.1, -0.05) is 0 Å². The fourth-order valence-corrected chi connectivity index (χ4v) is 2.69. The molecule has 2 aliphatic rings. The highest BCUT2D eigenvalue weighted by Gasteiger charge is 2.44. The molecule has 0 aliphatic carbocycles. The molecule has 0 saturated carbocycles. The molecule has 1 aromatic carbocycles. The van der Waals surface area contributed by atoms with Crippen LogP contribution in [0.5, 0.6) is 5.75 Å². The number of amidine groups is 1. The number of amides is 1. The summed E-state index contributed by atoms with van der Waals surface area (Å²) in [5, 5.41) is 5.67. The molecule has 1 amide bonds. The summed E-state index contributed by atoms with van der Waals surface area (Å²) < 4.78 is 53.9. The number of hydrogen-bond donors (Lipinski definition) is 2. The third-order valence-electron chi connectivity index (χ3n) is 3.84. The molecule has 5 nitrogen and oxygen atoms in total. The Hall–Kier alpha value is -2.16. The molecule has 1 fully saturated rings. The number of ether oxygens (including phenoxy) is 1. The zero-order valence-corrected chi connectivity index (χ0v) is 11.8. The predicted molar refractivity (Wildman–Crippen MR) is 72.6 cm³/mol. The van der Waals surface area contributed by atoms with Crippen LogP contribution in [0.1, 0.15) is 18.4 Å². The lowest BCUT2D eigenvalue weighted by molar-refractivity contribution is -0.275. The number of carbonyl (C=O) groups is 1. The van der Waals surface area contributed by atoms with Gasteiger partial charge in [-0.2, -0.15) is 0 Å². The van der Waals surface area contributed by atoms with Gasteiger partial charge in [-0.25, -0.2) is 4.39 Å². The minimum absolute atomic E-state index is 0.129. The van der Waals surface area contributed by atoms with Crippen LogP contribution < -0.4 is 15.4 Å². The van der Waals surface area contributed by atoms with Gasteiger partial charge in [0.2, 0.25) is 0 Å². The standard InChI is InChI=1S/C14H13F4N3O2/c15-9-2-1-8(7-10(9)23-14(16,17)18)11-20-12(22)13(21-11)3-5-19-6-4-13/h1-2,7,19H,3-6H2,(H,20,21,22). The van der Waals surface area contributed by atoms with Crippen molar-refractivity contribution in [2.24, 2.45) is 4.99 Å². The van der Waals surface area contributed by atoms with Gasteiger partial charge in [-0.05, 0) is 44.1 Å². The number of benzene rings is 1. The molecule has 1 spiro atoms. The molecule has 9 heteroatoms. The van der Waals surface area contributed by atoms with E-state index in [0.29, 0.717) is 25.9 Å². The van der Waals surface area contributed by atoms with E-state index < -0.39 is 23.5 Å². The normalized spacial score (nSPS) is 20.3. The number of carbonyl (C=O) groups excluding carboxylic acids is 1. The Morgan fingerprint density at radius 3 is 2.57 bits per heavy atom. The van der Waals surface area contributed by atoms with Gasteiger partial charge in [0.15, 0.2) is 11.6 Å². The van der Waals surface area contributed by atoms with Gasteiger partial charge in [-0.3, -0.25) is 9.79 Å². The van der Waals surface area contributed by atoms with Crippen molar-refractivity contribution in [3.63, 3.8) is 0 Å². The third kappa shape index (κ3) is 3.14. The molecular formula is C14H13F4N3O2. The van der Waals surface area contributed by atoms with Crippen LogP contribution in [0, 0.1) is 5.82 Å². The second-order valence-electron chi connectivity index (χ2n) is 5.39. The fourth-order valence-electron chi connectivity index (χ4n) is 2.69. The quantitative estimate of drug-likeness (QED) is 0.811. The highest BCUT2D eigenvalue weighted by Crippen LogP contribution is 2.31. The zero-order valence-electron chi connectivity index (χ0n) is 11.8. The second kappa shape index (κ2) is 5.48. The summed E-state index contributed by atoms with van der Waals surface area (Å²) in [5.74, 6) is -2.27. The Morgan fingerprint density at radius 1 is 1.22 bits per heavy atom. The first-order chi connectivity index (χ1) is 10.8. The van der Waals surface area contributed by atoms with Crippen LogP contribution in [0.2, 0.25) is 0 Å². The molecule has 2 N–H and O–H groups in total. The van der Waals surface area contributed by atoms with Crippen molar-refractivity contribution in [3.8, 4) is 5.75 Å². The van der Waals surface area contributed by atoms with E-state index in [1.165, 1.54) is 6.07 Å². The van der Waals surface area contributed by atoms with Crippen LogP contribution in [0.4, 0.5) is 17.6 Å². The van der Waals surface area contributed by atoms with Crippen LogP contribution in [0.15, 0.2) is 23.2 Å². The molecular weight excluding hydrogens is 318 g/mol. The molecule has 1 saturated heterocycles. The lowest BCUT2D eigenvalue weighted by Crippen LogP contribution is -2.47. The first kappa shape index (κ1) is 15.7. The Balaban J connectivity index is 1.91. The highest BCUT2D eigenvalue weighted by molar-refractivity contribution is 6.15. The largest absolute Gasteiger partial charge is 0.573 e. The van der Waals surface area contributed by atoms with Crippen LogP contribution in [0.25, 0.3) is 0 Å². The monoisotopic (exact) mass is 331 g/mol. The van der Waals surface area contributed by atoms with E-state index in [1.807, 2.05) is 0 Å². The molecule has 124 valence electrons. The first-order valence-corrected chi connectivity index (χ1v) is 6.97. The average Bonchev–Trinajstić information content (AvgIpc) is 2.78. The zero-order chi connectivity index (χ0) is 16.7. The summed E-state index contributed by atoms with van der Waals surface area (Å²) >= 11 is 0. The highest BCUT2D eigenvalue weighted by atomic mass is 19.4. The van der Waals surface area contributed by atoms with Crippen molar-refractivity contribution >= 4 is 11.7 Å². The first-order valence-electron chi connectivity index (χ1n) is 6.97. The molecule has 0 unspecified atom stereocenters. The maximum atomic E-state index is 13.5. The fraction of sp³-hybridized carbons (Fsp3) is 0.429. The topological polar surface area (TPSA) is 62.7 Å². The van der Waals surface area contributed by atoms with Crippen molar-refractivity contribution in [1.82, 2.24) is 10.6 Å². The minimum atomic E-state index is -5.00. The van der Waals surface area contributed by atoms with E-state index in [4.69, 9.17) is 0 Å². The SMILES string of the molecule is O=C1NC(c2ccc(F)c(OC(F)(F)F)c2)=NC12CCNCC2. The molecule has 0 bridgehead atoms. The van der Waals surface area contributed by atoms with Crippen molar-refractivity contribution in [2.75, 3.05) is 13.1 Å². The van der Waals surface area contributed by atoms with E-state index in [2.05, 4.69) is 20.4 Å². The lowest BCUT2D eigenvalue weighted by Gasteiger charge is -2.28. The van der Waals surface area contributed by atoms with Gasteiger partial charge in [0.25, 0.3) is 5.91 Å². The van der Waals surface area contributed by atoms with Crippen LogP contribution in [-0.4, -0.2) is 36.7 Å². The maximum absolute atomic E-state index is 13.5. The van der Waals surface area contributed by atoms with E-state index >= 15 is 0 Å². The van der Waals surface area contributed by atoms with Gasteiger partial charge in [-0.15, -0.1) is 13.2 Å². The van der Waals surface area contributed by atoms with Crippen molar-refractivity contribution in [2.45, 2.75) is 24.7 Å². The summed E-state index contributed by atoms with van der Waals surface area (Å²) in [6, 6.07) is 2.97. The second-order valence-corrected chi connectivity index (χ2v) is 5.39. The summed E-state index contributed by atoms with van der Waals surface area (Å²) in [6.45, 7) is 1.24. The number of hydrogen-bond acceptors (Lipinski definition) is 4. The summed E-state index contributed by atoms with van der Waals surface area (Å²) in [5.41, 5.74) is -0.741. The summed E-state index contributed by atoms with van der Waals surface area (Å²) in [7, 11) is 0. The third-order valence-corrected chi connectivity index (χ3v) is 3.84. The van der Waals surface area contributed by atoms with Crippen LogP contribution >= 0.6 is 0 Å². The maximum Gasteiger partial charge on any atom is 0.573 e. The van der Waals surface area contributed by atoms with E-state index in [1.54, 1.807) is 0 Å². The van der Waals surface area contributed by atoms with Gasteiger partial charge in [0.1, 0.15) is 11.4 Å². The lowest BCUT2D eigenvalue weighted by atomic mass is 9.89. The Labute approximate surface area is 128 Å². The van der Waals surface area contributed by atoms with Gasteiger partial charge in [0.05, 0.1) is 0 Å². The van der Waals surface area contributed by atoms with Crippen molar-refractivity contribution in [1.29, 1.82) is 0 Å². The molecule has 23 heavy (non-hydrogen) atoms. The smallest absolute Gasteiger partial charge is 0.403 e. The van der Waals surface area contributed by atoms with Gasteiger partial charge >= 0.3 is 6.36 Å². The van der Waals surface area contributed by atoms with Crippen LogP contribution in [-0.2, 0) is 4.79 Å². The number of nitrogens with one attached hydrogen (secondary N) is 2. The number of piperidine rings is 1. The van der Waals surface area contributed by atoms with E-state index in [0.717, 1.165) is 12.1 Å². The molecule has 1 aromatic rings. The minimum Gasteiger partial charge on any atom is -0.403 e. The summed E-state index contributed by atoms with van der Waals surface area (Å²) in [4.78, 5) is 16.5. The number of rotatable bonds is 2. The van der Waals surface area contributed by atoms with Crippen molar-refractivity contribution < 1.29 is 27.1 Å². The number of alkyl halides is 3. The molecule has 0 radical (unpaired) electrons. The average molecular weight is 331 g/mol. The van der Waals surface area contributed by atoms with E-state index in [9.17, 15) is 22.4 Å².